The van der Waals surface area contributed by atoms with Gasteiger partial charge >= 0.3 is 6.18 Å². The number of Topliss-reactive ketones (excluding diaryl/α,β-unsaturated/α-hetero) is 1. The van der Waals surface area contributed by atoms with Crippen molar-refractivity contribution < 1.29 is 36.2 Å². The van der Waals surface area contributed by atoms with E-state index in [9.17, 15) is 31.5 Å². The number of ketones is 1. The molecule has 0 spiro atoms. The number of ether oxygens (including phenoxy) is 1. The molecule has 0 aromatic heterocycles. The monoisotopic (exact) mass is 599 g/mol. The summed E-state index contributed by atoms with van der Waals surface area (Å²) in [6.45, 7) is 2.20. The first kappa shape index (κ1) is 29.5. The smallest absolute Gasteiger partial charge is 0.378 e. The number of hydrogen-bond acceptors (Lipinski definition) is 8. The number of carbonyl (C=O) groups is 1. The van der Waals surface area contributed by atoms with Crippen LogP contribution >= 0.6 is 12.2 Å². The lowest BCUT2D eigenvalue weighted by Gasteiger charge is -2.52. The number of piperazine rings is 1. The van der Waals surface area contributed by atoms with E-state index >= 15 is 0 Å². The molecule has 13 heteroatoms. The summed E-state index contributed by atoms with van der Waals surface area (Å²) < 4.78 is 75.2. The molecule has 3 aliphatic heterocycles. The fourth-order valence-corrected chi connectivity index (χ4v) is 8.08. The Labute approximate surface area is 236 Å². The summed E-state index contributed by atoms with van der Waals surface area (Å²) in [6.07, 6.45) is 1.05. The molecular formula is C27H32F3N3O5S2. The lowest BCUT2D eigenvalue weighted by atomic mass is 9.83. The van der Waals surface area contributed by atoms with Crippen molar-refractivity contribution in [3.63, 3.8) is 0 Å². The second-order valence-electron chi connectivity index (χ2n) is 11.0. The van der Waals surface area contributed by atoms with Crippen LogP contribution in [0.1, 0.15) is 37.3 Å². The van der Waals surface area contributed by atoms with Gasteiger partial charge in [-0.2, -0.15) is 17.5 Å². The standard InChI is InChI=1S/C27H32F3N3O5S2/c1-25(35,27(28,29)30)18-6-8-19(9-7-18)26(17-33-20-12-22(34)13-21(33)15-38-14-20)16-32(11-10-31-26)40(36,37)24-5-3-2-4-23(24)39/h2-3,5-9,20-21,31,35H,4,10-17H2,1H3/t20?,21?,25?,26-/m1/s1. The van der Waals surface area contributed by atoms with E-state index in [0.717, 1.165) is 0 Å². The molecule has 3 saturated heterocycles. The summed E-state index contributed by atoms with van der Waals surface area (Å²) in [7, 11) is -3.96. The second-order valence-corrected chi connectivity index (χ2v) is 13.4. The molecular weight excluding hydrogens is 567 g/mol. The van der Waals surface area contributed by atoms with E-state index in [-0.39, 0.29) is 48.0 Å². The summed E-state index contributed by atoms with van der Waals surface area (Å²) in [5.74, 6) is 0.147. The number of thiocarbonyl (C=S) groups is 1. The molecule has 8 nitrogen and oxygen atoms in total. The van der Waals surface area contributed by atoms with Gasteiger partial charge in [-0.1, -0.05) is 48.6 Å². The number of alkyl halides is 3. The largest absolute Gasteiger partial charge is 0.421 e. The number of benzene rings is 1. The van der Waals surface area contributed by atoms with E-state index in [0.29, 0.717) is 56.4 Å². The summed E-state index contributed by atoms with van der Waals surface area (Å²) in [5, 5.41) is 13.7. The summed E-state index contributed by atoms with van der Waals surface area (Å²) in [6, 6.07) is 5.10. The summed E-state index contributed by atoms with van der Waals surface area (Å²) in [5.41, 5.74) is -3.82. The van der Waals surface area contributed by atoms with Crippen LogP contribution in [-0.2, 0) is 30.7 Å². The van der Waals surface area contributed by atoms with Gasteiger partial charge in [0.15, 0.2) is 5.60 Å². The van der Waals surface area contributed by atoms with Crippen LogP contribution in [0.3, 0.4) is 0 Å². The van der Waals surface area contributed by atoms with Crippen molar-refractivity contribution in [1.82, 2.24) is 14.5 Å². The molecule has 218 valence electrons. The van der Waals surface area contributed by atoms with Gasteiger partial charge in [0.25, 0.3) is 0 Å². The number of hydrogen-bond donors (Lipinski definition) is 2. The zero-order chi connectivity index (χ0) is 28.9. The average Bonchev–Trinajstić information content (AvgIpc) is 2.89. The highest BCUT2D eigenvalue weighted by molar-refractivity contribution is 7.96. The van der Waals surface area contributed by atoms with Crippen molar-refractivity contribution in [3.8, 4) is 0 Å². The topological polar surface area (TPSA) is 99.2 Å². The minimum absolute atomic E-state index is 0.00124. The minimum Gasteiger partial charge on any atom is -0.378 e. The first-order chi connectivity index (χ1) is 18.7. The fourth-order valence-electron chi connectivity index (χ4n) is 5.98. The van der Waals surface area contributed by atoms with E-state index < -0.39 is 27.3 Å². The van der Waals surface area contributed by atoms with Crippen molar-refractivity contribution >= 4 is 32.9 Å². The molecule has 4 atom stereocenters. The zero-order valence-electron chi connectivity index (χ0n) is 22.0. The molecule has 2 N–H and O–H groups in total. The van der Waals surface area contributed by atoms with Gasteiger partial charge in [0.05, 0.1) is 23.7 Å². The van der Waals surface area contributed by atoms with E-state index in [1.54, 1.807) is 12.2 Å². The van der Waals surface area contributed by atoms with Gasteiger partial charge in [-0.05, 0) is 24.1 Å². The van der Waals surface area contributed by atoms with E-state index in [4.69, 9.17) is 17.0 Å². The third-order valence-electron chi connectivity index (χ3n) is 8.34. The van der Waals surface area contributed by atoms with Crippen molar-refractivity contribution in [1.29, 1.82) is 0 Å². The number of fused-ring (bicyclic) bond motifs is 2. The molecule has 1 aromatic rings. The lowest BCUT2D eigenvalue weighted by molar-refractivity contribution is -0.258. The van der Waals surface area contributed by atoms with Gasteiger partial charge in [0, 0.05) is 62.4 Å². The van der Waals surface area contributed by atoms with Gasteiger partial charge in [-0.3, -0.25) is 9.69 Å². The number of allylic oxidation sites excluding steroid dienone is 4. The first-order valence-corrected chi connectivity index (χ1v) is 15.0. The van der Waals surface area contributed by atoms with Crippen LogP contribution in [-0.4, -0.2) is 91.0 Å². The Bertz CT molecular complexity index is 1330. The highest BCUT2D eigenvalue weighted by Gasteiger charge is 2.52. The Balaban J connectivity index is 1.54. The molecule has 3 unspecified atom stereocenters. The van der Waals surface area contributed by atoms with E-state index in [2.05, 4.69) is 10.2 Å². The maximum absolute atomic E-state index is 13.8. The van der Waals surface area contributed by atoms with Crippen LogP contribution in [0.5, 0.6) is 0 Å². The summed E-state index contributed by atoms with van der Waals surface area (Å²) in [4.78, 5) is 14.9. The SMILES string of the molecule is CC(O)(c1ccc([C@]2(CN3C4COCC3CC(=O)C4)CN(S(=O)(=O)C3=CC=CCC3=S)CCN2)cc1)C(F)(F)F. The third kappa shape index (κ3) is 5.33. The number of aliphatic hydroxyl groups is 1. The molecule has 1 aromatic carbocycles. The first-order valence-electron chi connectivity index (χ1n) is 13.2. The van der Waals surface area contributed by atoms with Crippen LogP contribution in [0.15, 0.2) is 47.4 Å². The summed E-state index contributed by atoms with van der Waals surface area (Å²) >= 11 is 5.36. The molecule has 0 amide bonds. The molecule has 4 aliphatic rings. The van der Waals surface area contributed by atoms with Gasteiger partial charge < -0.3 is 15.2 Å². The Morgan fingerprint density at radius 1 is 1.18 bits per heavy atom. The van der Waals surface area contributed by atoms with E-state index in [1.165, 1.54) is 34.6 Å². The second kappa shape index (κ2) is 10.7. The normalized spacial score (nSPS) is 30.2. The quantitative estimate of drug-likeness (QED) is 0.482. The van der Waals surface area contributed by atoms with Crippen molar-refractivity contribution in [2.24, 2.45) is 0 Å². The van der Waals surface area contributed by atoms with Crippen LogP contribution in [0.25, 0.3) is 0 Å². The Morgan fingerprint density at radius 2 is 1.82 bits per heavy atom. The number of piperidine rings is 1. The predicted molar refractivity (Wildman–Crippen MR) is 146 cm³/mol. The van der Waals surface area contributed by atoms with Crippen molar-refractivity contribution in [2.75, 3.05) is 39.4 Å². The van der Waals surface area contributed by atoms with E-state index in [1.807, 2.05) is 0 Å². The number of halogens is 3. The average molecular weight is 600 g/mol. The molecule has 5 rings (SSSR count). The molecule has 1 aliphatic carbocycles. The van der Waals surface area contributed by atoms with Crippen LogP contribution in [0.4, 0.5) is 13.2 Å². The minimum atomic E-state index is -4.88. The van der Waals surface area contributed by atoms with Crippen LogP contribution in [0, 0.1) is 0 Å². The Hall–Kier alpha value is -2.00. The number of carbonyl (C=O) groups excluding carboxylic acids is 1. The molecule has 0 radical (unpaired) electrons. The molecule has 40 heavy (non-hydrogen) atoms. The predicted octanol–water partition coefficient (Wildman–Crippen LogP) is 2.53. The number of morpholine rings is 1. The molecule has 2 bridgehead atoms. The Kier molecular flexibility index (Phi) is 7.88. The van der Waals surface area contributed by atoms with Crippen molar-refractivity contribution in [3.05, 3.63) is 58.5 Å². The number of nitrogens with one attached hydrogen (secondary N) is 1. The maximum atomic E-state index is 13.8. The van der Waals surface area contributed by atoms with Crippen LogP contribution in [0.2, 0.25) is 0 Å². The van der Waals surface area contributed by atoms with Crippen LogP contribution < -0.4 is 5.32 Å². The fraction of sp³-hybridized carbons (Fsp3) is 0.556. The van der Waals surface area contributed by atoms with Crippen molar-refractivity contribution in [2.45, 2.75) is 55.6 Å². The zero-order valence-corrected chi connectivity index (χ0v) is 23.6. The number of nitrogens with zero attached hydrogens (tertiary/aromatic N) is 2. The highest BCUT2D eigenvalue weighted by atomic mass is 32.2. The lowest BCUT2D eigenvalue weighted by Crippen LogP contribution is -2.68. The van der Waals surface area contributed by atoms with Gasteiger partial charge in [0.1, 0.15) is 5.78 Å². The molecule has 3 fully saturated rings. The highest BCUT2D eigenvalue weighted by Crippen LogP contribution is 2.40. The molecule has 0 saturated carbocycles. The Morgan fingerprint density at radius 3 is 2.42 bits per heavy atom. The van der Waals surface area contributed by atoms with Gasteiger partial charge in [0.2, 0.25) is 10.0 Å². The number of sulfonamides is 1. The maximum Gasteiger partial charge on any atom is 0.421 e. The third-order valence-corrected chi connectivity index (χ3v) is 10.8. The van der Waals surface area contributed by atoms with Gasteiger partial charge in [-0.25, -0.2) is 8.42 Å². The number of rotatable bonds is 6. The molecule has 3 heterocycles. The van der Waals surface area contributed by atoms with Gasteiger partial charge in [-0.15, -0.1) is 0 Å².